The van der Waals surface area contributed by atoms with Crippen LogP contribution in [0.2, 0.25) is 0 Å². The van der Waals surface area contributed by atoms with Crippen LogP contribution < -0.4 is 15.1 Å². The van der Waals surface area contributed by atoms with Crippen LogP contribution in [0, 0.1) is 0 Å². The highest BCUT2D eigenvalue weighted by molar-refractivity contribution is 6.06. The summed E-state index contributed by atoms with van der Waals surface area (Å²) in [5.41, 5.74) is -1.45. The molecule has 0 saturated carbocycles. The number of fused-ring (bicyclic) bond motifs is 7. The van der Waals surface area contributed by atoms with E-state index in [0.717, 1.165) is 0 Å². The first kappa shape index (κ1) is 14.9. The maximum atomic E-state index is 12.4. The van der Waals surface area contributed by atoms with Gasteiger partial charge in [0.15, 0.2) is 23.3 Å². The van der Waals surface area contributed by atoms with Gasteiger partial charge in [0.1, 0.15) is 17.1 Å². The number of aliphatic hydroxyl groups excluding tert-OH is 1. The van der Waals surface area contributed by atoms with Crippen molar-refractivity contribution >= 4 is 16.8 Å². The van der Waals surface area contributed by atoms with Crippen LogP contribution in [0.15, 0.2) is 15.3 Å². The van der Waals surface area contributed by atoms with Crippen molar-refractivity contribution in [2.75, 3.05) is 7.11 Å². The minimum absolute atomic E-state index is 0.0379. The van der Waals surface area contributed by atoms with Crippen molar-refractivity contribution in [2.45, 2.75) is 37.4 Å². The average Bonchev–Trinajstić information content (AvgIpc) is 3.15. The summed E-state index contributed by atoms with van der Waals surface area (Å²) in [6.07, 6.45) is -1.79. The number of carbonyl (C=O) groups excluding carboxylic acids is 1. The third kappa shape index (κ3) is 1.71. The summed E-state index contributed by atoms with van der Waals surface area (Å²) in [4.78, 5) is 24.4. The van der Waals surface area contributed by atoms with E-state index < -0.39 is 23.8 Å². The van der Waals surface area contributed by atoms with E-state index in [0.29, 0.717) is 23.1 Å². The van der Waals surface area contributed by atoms with Crippen molar-refractivity contribution in [1.29, 1.82) is 0 Å². The van der Waals surface area contributed by atoms with Crippen LogP contribution in [-0.2, 0) is 16.8 Å². The molecule has 3 heterocycles. The van der Waals surface area contributed by atoms with Crippen molar-refractivity contribution in [3.05, 3.63) is 33.2 Å². The largest absolute Gasteiger partial charge is 0.496 e. The molecule has 0 radical (unpaired) electrons. The van der Waals surface area contributed by atoms with E-state index in [1.54, 1.807) is 6.07 Å². The zero-order valence-corrected chi connectivity index (χ0v) is 13.2. The molecule has 2 aromatic rings. The summed E-state index contributed by atoms with van der Waals surface area (Å²) in [6.45, 7) is 0. The molecule has 1 fully saturated rings. The highest BCUT2D eigenvalue weighted by atomic mass is 16.8. The molecular formula is C17H14O8. The summed E-state index contributed by atoms with van der Waals surface area (Å²) < 4.78 is 21.6. The van der Waals surface area contributed by atoms with Gasteiger partial charge >= 0.3 is 5.63 Å². The van der Waals surface area contributed by atoms with Gasteiger partial charge in [-0.05, 0) is 12.0 Å². The van der Waals surface area contributed by atoms with Gasteiger partial charge in [-0.2, -0.15) is 0 Å². The van der Waals surface area contributed by atoms with Gasteiger partial charge < -0.3 is 28.8 Å². The van der Waals surface area contributed by atoms with Crippen LogP contribution in [-0.4, -0.2) is 35.7 Å². The Hall–Kier alpha value is -2.42. The standard InChI is InChI=1S/C17H14O8/c1-22-8-4-9-13(17(21)5-10(19)24-16(17)23-9)14-12(8)6-2-3-7(18)11(6)15(20)25-14/h4,10,16,19,21H,2-3,5H2,1H3. The number of carbonyl (C=O) groups is 1. The van der Waals surface area contributed by atoms with Crippen molar-refractivity contribution < 1.29 is 33.6 Å². The molecule has 0 bridgehead atoms. The highest BCUT2D eigenvalue weighted by Gasteiger charge is 2.58. The molecule has 1 saturated heterocycles. The normalized spacial score (nSPS) is 29.5. The predicted octanol–water partition coefficient (Wildman–Crippen LogP) is 0.575. The second kappa shape index (κ2) is 4.60. The van der Waals surface area contributed by atoms with Crippen LogP contribution >= 0.6 is 0 Å². The van der Waals surface area contributed by atoms with Crippen LogP contribution in [0.5, 0.6) is 11.5 Å². The fraction of sp³-hybridized carbons (Fsp3) is 0.412. The van der Waals surface area contributed by atoms with E-state index in [4.69, 9.17) is 18.6 Å². The summed E-state index contributed by atoms with van der Waals surface area (Å²) >= 11 is 0. The highest BCUT2D eigenvalue weighted by Crippen LogP contribution is 2.54. The second-order valence-electron chi connectivity index (χ2n) is 6.49. The van der Waals surface area contributed by atoms with Gasteiger partial charge in [0.25, 0.3) is 0 Å². The molecule has 3 unspecified atom stereocenters. The molecule has 1 aliphatic carbocycles. The summed E-state index contributed by atoms with van der Waals surface area (Å²) in [5.74, 6) is 0.379. The number of methoxy groups -OCH3 is 1. The van der Waals surface area contributed by atoms with Crippen LogP contribution in [0.4, 0.5) is 0 Å². The van der Waals surface area contributed by atoms with Crippen molar-refractivity contribution in [2.24, 2.45) is 0 Å². The van der Waals surface area contributed by atoms with Crippen LogP contribution in [0.25, 0.3) is 11.0 Å². The number of ketones is 1. The Morgan fingerprint density at radius 3 is 2.88 bits per heavy atom. The Morgan fingerprint density at radius 1 is 1.32 bits per heavy atom. The zero-order valence-electron chi connectivity index (χ0n) is 13.2. The molecular weight excluding hydrogens is 332 g/mol. The minimum atomic E-state index is -1.65. The molecule has 1 aromatic heterocycles. The number of Topliss-reactive ketones (excluding diaryl/α,β-unsaturated/α-hetero) is 1. The Labute approximate surface area is 140 Å². The molecule has 2 N–H and O–H groups in total. The van der Waals surface area contributed by atoms with Gasteiger partial charge in [-0.15, -0.1) is 0 Å². The predicted molar refractivity (Wildman–Crippen MR) is 81.7 cm³/mol. The molecule has 3 aliphatic rings. The van der Waals surface area contributed by atoms with Crippen LogP contribution in [0.3, 0.4) is 0 Å². The lowest BCUT2D eigenvalue weighted by Gasteiger charge is -2.19. The number of aryl methyl sites for hydroxylation is 1. The van der Waals surface area contributed by atoms with E-state index in [9.17, 15) is 19.8 Å². The van der Waals surface area contributed by atoms with Gasteiger partial charge in [-0.1, -0.05) is 0 Å². The van der Waals surface area contributed by atoms with Crippen molar-refractivity contribution in [1.82, 2.24) is 0 Å². The minimum Gasteiger partial charge on any atom is -0.496 e. The molecule has 0 spiro atoms. The SMILES string of the molecule is COc1cc2c(c3oc(=O)c4c(c13)CCC4=O)C1(O)CC(O)OC1O2. The number of rotatable bonds is 1. The fourth-order valence-corrected chi connectivity index (χ4v) is 4.08. The van der Waals surface area contributed by atoms with Gasteiger partial charge in [-0.25, -0.2) is 4.79 Å². The molecule has 8 heteroatoms. The summed E-state index contributed by atoms with van der Waals surface area (Å²) in [5, 5.41) is 21.2. The third-order valence-electron chi connectivity index (χ3n) is 5.14. The maximum absolute atomic E-state index is 12.4. The zero-order chi connectivity index (χ0) is 17.5. The monoisotopic (exact) mass is 346 g/mol. The Morgan fingerprint density at radius 2 is 2.12 bits per heavy atom. The quantitative estimate of drug-likeness (QED) is 0.720. The molecule has 5 rings (SSSR count). The molecule has 8 nitrogen and oxygen atoms in total. The van der Waals surface area contributed by atoms with E-state index in [2.05, 4.69) is 0 Å². The van der Waals surface area contributed by atoms with E-state index >= 15 is 0 Å². The average molecular weight is 346 g/mol. The first-order chi connectivity index (χ1) is 11.9. The second-order valence-corrected chi connectivity index (χ2v) is 6.49. The van der Waals surface area contributed by atoms with Gasteiger partial charge in [0, 0.05) is 18.9 Å². The van der Waals surface area contributed by atoms with E-state index in [1.807, 2.05) is 0 Å². The number of hydrogen-bond donors (Lipinski definition) is 2. The van der Waals surface area contributed by atoms with Gasteiger partial charge in [0.2, 0.25) is 6.29 Å². The topological polar surface area (TPSA) is 115 Å². The maximum Gasteiger partial charge on any atom is 0.347 e. The van der Waals surface area contributed by atoms with E-state index in [-0.39, 0.29) is 41.1 Å². The van der Waals surface area contributed by atoms with Crippen molar-refractivity contribution in [3.63, 3.8) is 0 Å². The lowest BCUT2D eigenvalue weighted by Crippen LogP contribution is -2.33. The molecule has 25 heavy (non-hydrogen) atoms. The smallest absolute Gasteiger partial charge is 0.347 e. The molecule has 2 aliphatic heterocycles. The van der Waals surface area contributed by atoms with Gasteiger partial charge in [0.05, 0.1) is 18.1 Å². The van der Waals surface area contributed by atoms with Gasteiger partial charge in [-0.3, -0.25) is 4.79 Å². The molecule has 1 aromatic carbocycles. The summed E-state index contributed by atoms with van der Waals surface area (Å²) in [6, 6.07) is 1.58. The molecule has 0 amide bonds. The Bertz CT molecular complexity index is 1010. The number of ether oxygens (including phenoxy) is 3. The Kier molecular flexibility index (Phi) is 2.74. The first-order valence-corrected chi connectivity index (χ1v) is 7.91. The first-order valence-electron chi connectivity index (χ1n) is 7.91. The molecule has 130 valence electrons. The molecule has 3 atom stereocenters. The van der Waals surface area contributed by atoms with E-state index in [1.165, 1.54) is 7.11 Å². The van der Waals surface area contributed by atoms with Crippen LogP contribution in [0.1, 0.15) is 34.3 Å². The third-order valence-corrected chi connectivity index (χ3v) is 5.14. The Balaban J connectivity index is 1.92. The summed E-state index contributed by atoms with van der Waals surface area (Å²) in [7, 11) is 1.46. The fourth-order valence-electron chi connectivity index (χ4n) is 4.08. The lowest BCUT2D eigenvalue weighted by molar-refractivity contribution is -0.173. The van der Waals surface area contributed by atoms with Crippen molar-refractivity contribution in [3.8, 4) is 11.5 Å². The number of aliphatic hydroxyl groups is 2. The lowest BCUT2D eigenvalue weighted by atomic mass is 9.89. The number of benzene rings is 1. The number of hydrogen-bond acceptors (Lipinski definition) is 8.